The fraction of sp³-hybridized carbons (Fsp3) is 0.385. The summed E-state index contributed by atoms with van der Waals surface area (Å²) < 4.78 is 73.8. The van der Waals surface area contributed by atoms with Gasteiger partial charge in [-0.1, -0.05) is 17.7 Å². The molecule has 1 nitrogen and oxygen atoms in total. The van der Waals surface area contributed by atoms with Gasteiger partial charge in [0.25, 0.3) is 0 Å². The minimum absolute atomic E-state index is 0.126. The van der Waals surface area contributed by atoms with E-state index in [0.29, 0.717) is 11.1 Å². The first kappa shape index (κ1) is 16.2. The molecule has 0 heterocycles. The summed E-state index contributed by atoms with van der Waals surface area (Å²) in [4.78, 5) is 2.50. The third-order valence-electron chi connectivity index (χ3n) is 2.49. The topological polar surface area (TPSA) is 4.36 Å². The number of alkyl halides is 6. The van der Waals surface area contributed by atoms with Crippen LogP contribution >= 0.6 is 0 Å². The Kier molecular flexibility index (Phi) is 4.27. The predicted molar refractivity (Wildman–Crippen MR) is 62.4 cm³/mol. The Hall–Kier alpha value is -1.84. The van der Waals surface area contributed by atoms with Gasteiger partial charge in [-0.15, -0.1) is 0 Å². The van der Waals surface area contributed by atoms with Gasteiger partial charge in [-0.05, 0) is 31.9 Å². The van der Waals surface area contributed by atoms with Crippen LogP contribution in [0.3, 0.4) is 0 Å². The monoisotopic (exact) mass is 295 g/mol. The van der Waals surface area contributed by atoms with Crippen molar-refractivity contribution >= 4 is 0 Å². The Labute approximate surface area is 112 Å². The van der Waals surface area contributed by atoms with Crippen LogP contribution in [-0.4, -0.2) is 12.4 Å². The zero-order valence-electron chi connectivity index (χ0n) is 10.9. The summed E-state index contributed by atoms with van der Waals surface area (Å²) in [5.74, 6) is 0. The molecule has 1 aromatic rings. The van der Waals surface area contributed by atoms with Crippen molar-refractivity contribution in [2.24, 2.45) is 0 Å². The van der Waals surface area contributed by atoms with E-state index in [2.05, 4.69) is 4.85 Å². The molecular weight excluding hydrogens is 284 g/mol. The lowest BCUT2D eigenvalue weighted by molar-refractivity contribution is -0.196. The Morgan fingerprint density at radius 3 is 1.65 bits per heavy atom. The fourth-order valence-corrected chi connectivity index (χ4v) is 1.76. The van der Waals surface area contributed by atoms with Crippen molar-refractivity contribution < 1.29 is 26.3 Å². The summed E-state index contributed by atoms with van der Waals surface area (Å²) in [7, 11) is 0. The number of halogens is 6. The van der Waals surface area contributed by atoms with E-state index in [1.807, 2.05) is 6.07 Å². The van der Waals surface area contributed by atoms with Gasteiger partial charge in [0.05, 0.1) is 6.07 Å². The molecule has 0 atom stereocenters. The third kappa shape index (κ3) is 3.83. The van der Waals surface area contributed by atoms with Gasteiger partial charge >= 0.3 is 18.4 Å². The standard InChI is InChI=1S/C13H11F6N/c1-7-4-8(2)10(9(3)5-7)6-20-11(12(14,15)16)13(17,18)19/h4-5H,1-3H3. The average Bonchev–Trinajstić information content (AvgIpc) is 2.17. The highest BCUT2D eigenvalue weighted by molar-refractivity contribution is 5.47. The second-order valence-corrected chi connectivity index (χ2v) is 4.34. The Morgan fingerprint density at radius 1 is 0.900 bits per heavy atom. The van der Waals surface area contributed by atoms with Gasteiger partial charge in [-0.2, -0.15) is 26.3 Å². The van der Waals surface area contributed by atoms with Gasteiger partial charge in [0.2, 0.25) is 0 Å². The van der Waals surface area contributed by atoms with Crippen LogP contribution < -0.4 is 0 Å². The van der Waals surface area contributed by atoms with Gasteiger partial charge in [0.15, 0.2) is 0 Å². The zero-order valence-corrected chi connectivity index (χ0v) is 10.9. The highest BCUT2D eigenvalue weighted by atomic mass is 19.4. The smallest absolute Gasteiger partial charge is 0.220 e. The van der Waals surface area contributed by atoms with Crippen LogP contribution in [0.4, 0.5) is 26.3 Å². The Bertz CT molecular complexity index is 522. The molecule has 0 spiro atoms. The second kappa shape index (κ2) is 5.27. The van der Waals surface area contributed by atoms with Gasteiger partial charge in [0, 0.05) is 5.56 Å². The first-order valence-electron chi connectivity index (χ1n) is 5.49. The van der Waals surface area contributed by atoms with E-state index in [9.17, 15) is 26.3 Å². The van der Waals surface area contributed by atoms with Crippen LogP contribution in [0.1, 0.15) is 22.3 Å². The van der Waals surface area contributed by atoms with E-state index < -0.39 is 18.4 Å². The normalized spacial score (nSPS) is 11.8. The molecule has 0 aliphatic carbocycles. The molecule has 0 saturated carbocycles. The SMILES string of the molecule is Cc1cc(C)c(C#[N+][C-](C(F)(F)F)C(F)(F)F)c(C)c1. The fourth-order valence-electron chi connectivity index (χ4n) is 1.76. The van der Waals surface area contributed by atoms with Crippen molar-refractivity contribution in [1.29, 1.82) is 0 Å². The molecule has 20 heavy (non-hydrogen) atoms. The van der Waals surface area contributed by atoms with E-state index in [1.165, 1.54) is 0 Å². The zero-order chi connectivity index (χ0) is 15.7. The van der Waals surface area contributed by atoms with Gasteiger partial charge in [-0.25, -0.2) is 4.85 Å². The quantitative estimate of drug-likeness (QED) is 0.471. The minimum Gasteiger partial charge on any atom is -0.220 e. The summed E-state index contributed by atoms with van der Waals surface area (Å²) in [5.41, 5.74) is 1.99. The van der Waals surface area contributed by atoms with Crippen LogP contribution in [0, 0.1) is 32.9 Å². The number of nitrogens with zero attached hydrogens (tertiary/aromatic N) is 1. The van der Waals surface area contributed by atoms with Crippen LogP contribution in [-0.2, 0) is 0 Å². The van der Waals surface area contributed by atoms with Crippen molar-refractivity contribution in [3.8, 4) is 6.07 Å². The molecule has 0 saturated heterocycles. The van der Waals surface area contributed by atoms with Crippen molar-refractivity contribution in [1.82, 2.24) is 0 Å². The van der Waals surface area contributed by atoms with Gasteiger partial charge < -0.3 is 0 Å². The highest BCUT2D eigenvalue weighted by Crippen LogP contribution is 2.42. The minimum atomic E-state index is -5.57. The summed E-state index contributed by atoms with van der Waals surface area (Å²) >= 11 is 0. The van der Waals surface area contributed by atoms with E-state index in [1.54, 1.807) is 32.9 Å². The van der Waals surface area contributed by atoms with Crippen molar-refractivity contribution in [2.75, 3.05) is 0 Å². The van der Waals surface area contributed by atoms with Crippen LogP contribution in [0.5, 0.6) is 0 Å². The molecule has 1 aromatic carbocycles. The summed E-state index contributed by atoms with van der Waals surface area (Å²) in [6.07, 6.45) is -11.1. The van der Waals surface area contributed by atoms with E-state index in [4.69, 9.17) is 0 Å². The number of hydrogen-bond donors (Lipinski definition) is 0. The Balaban J connectivity index is 3.28. The maximum Gasteiger partial charge on any atom is 0.424 e. The van der Waals surface area contributed by atoms with Gasteiger partial charge in [0.1, 0.15) is 0 Å². The predicted octanol–water partition coefficient (Wildman–Crippen LogP) is 4.95. The highest BCUT2D eigenvalue weighted by Gasteiger charge is 2.59. The molecule has 110 valence electrons. The lowest BCUT2D eigenvalue weighted by atomic mass is 10.0. The molecule has 0 N–H and O–H groups in total. The first-order valence-corrected chi connectivity index (χ1v) is 5.49. The van der Waals surface area contributed by atoms with E-state index in [-0.39, 0.29) is 5.56 Å². The molecule has 0 fully saturated rings. The Morgan fingerprint density at radius 2 is 1.30 bits per heavy atom. The van der Waals surface area contributed by atoms with E-state index in [0.717, 1.165) is 5.56 Å². The molecular formula is C13H11F6N. The number of rotatable bonds is 0. The lowest BCUT2D eigenvalue weighted by Crippen LogP contribution is -2.31. The number of aryl methyl sites for hydroxylation is 3. The van der Waals surface area contributed by atoms with Gasteiger partial charge in [-0.3, -0.25) is 0 Å². The van der Waals surface area contributed by atoms with Crippen molar-refractivity contribution in [3.05, 3.63) is 45.3 Å². The average molecular weight is 295 g/mol. The summed E-state index contributed by atoms with van der Waals surface area (Å²) in [5, 5.41) is 0. The first-order chi connectivity index (χ1) is 8.93. The molecule has 1 rings (SSSR count). The van der Waals surface area contributed by atoms with Crippen LogP contribution in [0.2, 0.25) is 0 Å². The van der Waals surface area contributed by atoms with E-state index >= 15 is 0 Å². The third-order valence-corrected chi connectivity index (χ3v) is 2.49. The van der Waals surface area contributed by atoms with Crippen molar-refractivity contribution in [3.63, 3.8) is 0 Å². The maximum absolute atomic E-state index is 12.3. The number of benzene rings is 1. The molecule has 0 aromatic heterocycles. The molecule has 0 radical (unpaired) electrons. The lowest BCUT2D eigenvalue weighted by Gasteiger charge is -2.15. The van der Waals surface area contributed by atoms with Crippen molar-refractivity contribution in [2.45, 2.75) is 33.1 Å². The maximum atomic E-state index is 12.3. The molecule has 0 aliphatic heterocycles. The largest absolute Gasteiger partial charge is 0.424 e. The second-order valence-electron chi connectivity index (χ2n) is 4.34. The number of hydrogen-bond acceptors (Lipinski definition) is 0. The molecule has 7 heteroatoms. The van der Waals surface area contributed by atoms with Crippen LogP contribution in [0.15, 0.2) is 12.1 Å². The van der Waals surface area contributed by atoms with Crippen LogP contribution in [0.25, 0.3) is 4.85 Å². The molecule has 0 aliphatic rings. The molecule has 0 amide bonds. The molecule has 0 unspecified atom stereocenters. The molecule has 0 bridgehead atoms. The summed E-state index contributed by atoms with van der Waals surface area (Å²) in [6.45, 7) is 4.90. The summed E-state index contributed by atoms with van der Waals surface area (Å²) in [6, 6.07) is 2.32.